The minimum Gasteiger partial charge on any atom is -0.481 e. The molecule has 2 rings (SSSR count). The van der Waals surface area contributed by atoms with E-state index in [1.807, 2.05) is 44.2 Å². The fourth-order valence-electron chi connectivity index (χ4n) is 2.88. The molecule has 1 aliphatic rings. The number of hydrogen-bond donors (Lipinski definition) is 1. The van der Waals surface area contributed by atoms with Crippen molar-refractivity contribution < 1.29 is 14.7 Å². The Morgan fingerprint density at radius 3 is 2.53 bits per heavy atom. The lowest BCUT2D eigenvalue weighted by Crippen LogP contribution is -2.52. The van der Waals surface area contributed by atoms with Crippen molar-refractivity contribution in [1.29, 1.82) is 0 Å². The summed E-state index contributed by atoms with van der Waals surface area (Å²) in [5, 5.41) is 9.31. The molecule has 1 amide bonds. The van der Waals surface area contributed by atoms with Crippen molar-refractivity contribution in [3.63, 3.8) is 0 Å². The first kappa shape index (κ1) is 13.6. The number of carboxylic acids is 1. The molecule has 1 saturated heterocycles. The topological polar surface area (TPSA) is 57.6 Å². The van der Waals surface area contributed by atoms with Gasteiger partial charge in [0.05, 0.1) is 5.92 Å². The average molecular weight is 261 g/mol. The minimum atomic E-state index is -0.814. The van der Waals surface area contributed by atoms with Crippen LogP contribution >= 0.6 is 0 Å². The third kappa shape index (κ3) is 2.78. The zero-order valence-electron chi connectivity index (χ0n) is 11.2. The predicted octanol–water partition coefficient (Wildman–Crippen LogP) is 2.14. The summed E-state index contributed by atoms with van der Waals surface area (Å²) in [6.07, 6.45) is 0.314. The highest BCUT2D eigenvalue weighted by Crippen LogP contribution is 2.31. The molecule has 1 fully saturated rings. The third-order valence-corrected chi connectivity index (χ3v) is 3.92. The quantitative estimate of drug-likeness (QED) is 0.907. The molecule has 4 nitrogen and oxygen atoms in total. The summed E-state index contributed by atoms with van der Waals surface area (Å²) in [5.74, 6) is -1.36. The third-order valence-electron chi connectivity index (χ3n) is 3.92. The molecule has 0 spiro atoms. The molecule has 0 aromatic heterocycles. The maximum absolute atomic E-state index is 12.1. The zero-order valence-corrected chi connectivity index (χ0v) is 11.2. The van der Waals surface area contributed by atoms with Crippen LogP contribution < -0.4 is 0 Å². The molecule has 4 heteroatoms. The van der Waals surface area contributed by atoms with Crippen molar-refractivity contribution in [3.8, 4) is 0 Å². The molecular weight excluding hydrogens is 242 g/mol. The van der Waals surface area contributed by atoms with Gasteiger partial charge in [-0.05, 0) is 18.4 Å². The molecule has 1 aromatic rings. The van der Waals surface area contributed by atoms with E-state index in [4.69, 9.17) is 0 Å². The molecule has 1 heterocycles. The van der Waals surface area contributed by atoms with Crippen molar-refractivity contribution >= 4 is 11.9 Å². The fraction of sp³-hybridized carbons (Fsp3) is 0.467. The van der Waals surface area contributed by atoms with E-state index >= 15 is 0 Å². The van der Waals surface area contributed by atoms with E-state index in [9.17, 15) is 14.7 Å². The van der Waals surface area contributed by atoms with Crippen molar-refractivity contribution in [2.24, 2.45) is 11.8 Å². The van der Waals surface area contributed by atoms with Crippen LogP contribution in [-0.2, 0) is 16.1 Å². The molecule has 3 atom stereocenters. The smallest absolute Gasteiger partial charge is 0.308 e. The number of rotatable bonds is 3. The number of hydrogen-bond acceptors (Lipinski definition) is 2. The Bertz CT molecular complexity index is 472. The molecule has 1 N–H and O–H groups in total. The number of carbonyl (C=O) groups is 2. The Kier molecular flexibility index (Phi) is 3.88. The highest BCUT2D eigenvalue weighted by atomic mass is 16.4. The predicted molar refractivity (Wildman–Crippen MR) is 71.4 cm³/mol. The van der Waals surface area contributed by atoms with Gasteiger partial charge in [0.1, 0.15) is 0 Å². The van der Waals surface area contributed by atoms with Crippen LogP contribution in [0.4, 0.5) is 0 Å². The van der Waals surface area contributed by atoms with Crippen molar-refractivity contribution in [2.45, 2.75) is 32.9 Å². The van der Waals surface area contributed by atoms with Crippen molar-refractivity contribution in [1.82, 2.24) is 4.90 Å². The number of carbonyl (C=O) groups excluding carboxylic acids is 1. The van der Waals surface area contributed by atoms with Gasteiger partial charge in [0, 0.05) is 19.0 Å². The van der Waals surface area contributed by atoms with Crippen LogP contribution in [0.15, 0.2) is 30.3 Å². The summed E-state index contributed by atoms with van der Waals surface area (Å²) < 4.78 is 0. The summed E-state index contributed by atoms with van der Waals surface area (Å²) >= 11 is 0. The Morgan fingerprint density at radius 2 is 1.95 bits per heavy atom. The van der Waals surface area contributed by atoms with Crippen LogP contribution in [0.5, 0.6) is 0 Å². The maximum atomic E-state index is 12.1. The van der Waals surface area contributed by atoms with E-state index in [0.29, 0.717) is 13.0 Å². The molecule has 0 saturated carbocycles. The molecule has 102 valence electrons. The maximum Gasteiger partial charge on any atom is 0.308 e. The molecule has 19 heavy (non-hydrogen) atoms. The lowest BCUT2D eigenvalue weighted by atomic mass is 9.81. The zero-order chi connectivity index (χ0) is 14.0. The molecule has 0 radical (unpaired) electrons. The first-order valence-corrected chi connectivity index (χ1v) is 6.57. The molecule has 0 aliphatic carbocycles. The molecule has 1 aliphatic heterocycles. The van der Waals surface area contributed by atoms with Gasteiger partial charge in [-0.15, -0.1) is 0 Å². The number of piperidine rings is 1. The number of aliphatic carboxylic acids is 1. The Labute approximate surface area is 113 Å². The molecular formula is C15H19NO3. The van der Waals surface area contributed by atoms with Gasteiger partial charge in [0.25, 0.3) is 0 Å². The van der Waals surface area contributed by atoms with E-state index in [0.717, 1.165) is 5.56 Å². The Hall–Kier alpha value is -1.84. The van der Waals surface area contributed by atoms with E-state index < -0.39 is 11.9 Å². The SMILES string of the molecule is CC1CC(=O)N(Cc2ccccc2)C(C)C1C(=O)O. The lowest BCUT2D eigenvalue weighted by Gasteiger charge is -2.40. The van der Waals surface area contributed by atoms with E-state index in [1.165, 1.54) is 0 Å². The highest BCUT2D eigenvalue weighted by molar-refractivity contribution is 5.81. The van der Waals surface area contributed by atoms with Gasteiger partial charge in [-0.25, -0.2) is 0 Å². The molecule has 0 bridgehead atoms. The first-order valence-electron chi connectivity index (χ1n) is 6.57. The summed E-state index contributed by atoms with van der Waals surface area (Å²) in [4.78, 5) is 25.2. The van der Waals surface area contributed by atoms with Crippen LogP contribution in [0, 0.1) is 11.8 Å². The van der Waals surface area contributed by atoms with Gasteiger partial charge in [-0.1, -0.05) is 37.3 Å². The normalized spacial score (nSPS) is 27.4. The number of nitrogens with zero attached hydrogens (tertiary/aromatic N) is 1. The lowest BCUT2D eigenvalue weighted by molar-refractivity contribution is -0.155. The first-order chi connectivity index (χ1) is 9.00. The number of carboxylic acid groups (broad SMARTS) is 1. The largest absolute Gasteiger partial charge is 0.481 e. The van der Waals surface area contributed by atoms with E-state index in [1.54, 1.807) is 4.90 Å². The second kappa shape index (κ2) is 5.43. The number of likely N-dealkylation sites (tertiary alicyclic amines) is 1. The van der Waals surface area contributed by atoms with Gasteiger partial charge in [-0.3, -0.25) is 9.59 Å². The fourth-order valence-corrected chi connectivity index (χ4v) is 2.88. The van der Waals surface area contributed by atoms with Crippen LogP contribution in [-0.4, -0.2) is 27.9 Å². The van der Waals surface area contributed by atoms with Crippen molar-refractivity contribution in [3.05, 3.63) is 35.9 Å². The van der Waals surface area contributed by atoms with Gasteiger partial charge >= 0.3 is 5.97 Å². The van der Waals surface area contributed by atoms with Crippen molar-refractivity contribution in [2.75, 3.05) is 0 Å². The molecule has 3 unspecified atom stereocenters. The standard InChI is InChI=1S/C15H19NO3/c1-10-8-13(17)16(11(2)14(10)15(18)19)9-12-6-4-3-5-7-12/h3-7,10-11,14H,8-9H2,1-2H3,(H,18,19). The van der Waals surface area contributed by atoms with Crippen LogP contribution in [0.2, 0.25) is 0 Å². The molecule has 1 aromatic carbocycles. The summed E-state index contributed by atoms with van der Waals surface area (Å²) in [7, 11) is 0. The number of amides is 1. The van der Waals surface area contributed by atoms with Gasteiger partial charge in [0.15, 0.2) is 0 Å². The summed E-state index contributed by atoms with van der Waals surface area (Å²) in [6, 6.07) is 9.40. The summed E-state index contributed by atoms with van der Waals surface area (Å²) in [6.45, 7) is 4.15. The average Bonchev–Trinajstić information content (AvgIpc) is 2.35. The van der Waals surface area contributed by atoms with Crippen LogP contribution in [0.3, 0.4) is 0 Å². The van der Waals surface area contributed by atoms with Gasteiger partial charge in [0.2, 0.25) is 5.91 Å². The van der Waals surface area contributed by atoms with E-state index in [-0.39, 0.29) is 17.9 Å². The summed E-state index contributed by atoms with van der Waals surface area (Å²) in [5.41, 5.74) is 1.03. The Balaban J connectivity index is 2.19. The Morgan fingerprint density at radius 1 is 1.32 bits per heavy atom. The minimum absolute atomic E-state index is 0.0429. The van der Waals surface area contributed by atoms with Crippen LogP contribution in [0.25, 0.3) is 0 Å². The number of benzene rings is 1. The monoisotopic (exact) mass is 261 g/mol. The van der Waals surface area contributed by atoms with E-state index in [2.05, 4.69) is 0 Å². The highest BCUT2D eigenvalue weighted by Gasteiger charge is 2.41. The second-order valence-corrected chi connectivity index (χ2v) is 5.29. The van der Waals surface area contributed by atoms with Gasteiger partial charge < -0.3 is 10.0 Å². The van der Waals surface area contributed by atoms with Crippen LogP contribution in [0.1, 0.15) is 25.8 Å². The van der Waals surface area contributed by atoms with Gasteiger partial charge in [-0.2, -0.15) is 0 Å². The second-order valence-electron chi connectivity index (χ2n) is 5.29.